The van der Waals surface area contributed by atoms with Crippen LogP contribution < -0.4 is 4.74 Å². The number of nitrogens with zero attached hydrogens (tertiary/aromatic N) is 3. The molecule has 6 aliphatic rings. The standard InChI is InChI=1S/C33H41N3O2/c1-38-25-10-9-24-19-29-32-12-11-28-30(26(21-32)31(37)36(28)22-23-7-3-2-4-8-23)33(32,27(24)20-25)13-16-35(29)18-17-34-14-5-6-15-34/h2-4,7-10,20,26,28-30H,5-6,11-19,21-22H2,1H3/t26-,28?,29?,30?,32?,33?/m0/s1. The summed E-state index contributed by atoms with van der Waals surface area (Å²) in [7, 11) is 1.80. The zero-order valence-electron chi connectivity index (χ0n) is 22.8. The lowest BCUT2D eigenvalue weighted by Crippen LogP contribution is -2.70. The van der Waals surface area contributed by atoms with E-state index in [1.54, 1.807) is 12.7 Å². The number of benzene rings is 2. The highest BCUT2D eigenvalue weighted by molar-refractivity contribution is 5.84. The van der Waals surface area contributed by atoms with Gasteiger partial charge in [0.25, 0.3) is 0 Å². The van der Waals surface area contributed by atoms with E-state index in [-0.39, 0.29) is 16.7 Å². The summed E-state index contributed by atoms with van der Waals surface area (Å²) < 4.78 is 5.80. The van der Waals surface area contributed by atoms with E-state index < -0.39 is 0 Å². The van der Waals surface area contributed by atoms with E-state index in [9.17, 15) is 4.79 Å². The molecule has 2 saturated carbocycles. The minimum absolute atomic E-state index is 0.0958. The molecule has 0 N–H and O–H groups in total. The predicted molar refractivity (Wildman–Crippen MR) is 148 cm³/mol. The number of methoxy groups -OCH3 is 1. The molecule has 200 valence electrons. The van der Waals surface area contributed by atoms with Crippen LogP contribution in [0.5, 0.6) is 5.75 Å². The molecule has 8 rings (SSSR count). The summed E-state index contributed by atoms with van der Waals surface area (Å²) in [6.07, 6.45) is 8.54. The first-order valence-corrected chi connectivity index (χ1v) is 15.1. The highest BCUT2D eigenvalue weighted by Gasteiger charge is 2.77. The molecule has 5 heteroatoms. The zero-order valence-corrected chi connectivity index (χ0v) is 22.8. The third-order valence-corrected chi connectivity index (χ3v) is 12.0. The van der Waals surface area contributed by atoms with Crippen molar-refractivity contribution in [2.45, 2.75) is 69.0 Å². The van der Waals surface area contributed by atoms with Gasteiger partial charge in [-0.25, -0.2) is 0 Å². The molecule has 5 unspecified atom stereocenters. The van der Waals surface area contributed by atoms with Crippen LogP contribution in [0.1, 0.15) is 55.2 Å². The van der Waals surface area contributed by atoms with E-state index in [1.807, 2.05) is 0 Å². The molecule has 5 nitrogen and oxygen atoms in total. The zero-order chi connectivity index (χ0) is 25.5. The molecular weight excluding hydrogens is 470 g/mol. The van der Waals surface area contributed by atoms with E-state index in [1.165, 1.54) is 69.5 Å². The van der Waals surface area contributed by atoms with Gasteiger partial charge in [-0.2, -0.15) is 0 Å². The second kappa shape index (κ2) is 8.56. The van der Waals surface area contributed by atoms with Crippen molar-refractivity contribution in [2.75, 3.05) is 39.8 Å². The maximum atomic E-state index is 14.2. The van der Waals surface area contributed by atoms with Crippen molar-refractivity contribution in [3.8, 4) is 5.75 Å². The fourth-order valence-corrected chi connectivity index (χ4v) is 10.6. The fourth-order valence-electron chi connectivity index (χ4n) is 10.6. The first kappa shape index (κ1) is 23.5. The number of hydrogen-bond donors (Lipinski definition) is 0. The van der Waals surface area contributed by atoms with Gasteiger partial charge in [0.2, 0.25) is 5.91 Å². The van der Waals surface area contributed by atoms with Crippen molar-refractivity contribution in [3.63, 3.8) is 0 Å². The molecule has 0 spiro atoms. The van der Waals surface area contributed by atoms with E-state index in [0.717, 1.165) is 31.6 Å². The molecule has 2 aromatic rings. The quantitative estimate of drug-likeness (QED) is 0.573. The highest BCUT2D eigenvalue weighted by atomic mass is 16.5. The van der Waals surface area contributed by atoms with E-state index in [0.29, 0.717) is 23.9 Å². The van der Waals surface area contributed by atoms with Gasteiger partial charge in [-0.1, -0.05) is 36.4 Å². The SMILES string of the molecule is COc1ccc2c(c1)C13CCN(CCN4CCCC4)C(C2)C12CCC1C3[C@H](C2)C(=O)N1Cc1ccccc1. The van der Waals surface area contributed by atoms with Crippen LogP contribution in [-0.4, -0.2) is 72.5 Å². The average Bonchev–Trinajstić information content (AvgIpc) is 3.61. The Labute approximate surface area is 227 Å². The molecule has 0 aromatic heterocycles. The number of hydrogen-bond acceptors (Lipinski definition) is 4. The molecule has 3 saturated heterocycles. The second-order valence-corrected chi connectivity index (χ2v) is 13.1. The molecule has 3 aliphatic heterocycles. The van der Waals surface area contributed by atoms with Crippen LogP contribution in [0, 0.1) is 17.3 Å². The fraction of sp³-hybridized carbons (Fsp3) is 0.606. The topological polar surface area (TPSA) is 36.0 Å². The number of carbonyl (C=O) groups excluding carboxylic acids is 1. The molecule has 6 atom stereocenters. The molecule has 38 heavy (non-hydrogen) atoms. The molecular formula is C33H41N3O2. The van der Waals surface area contributed by atoms with Crippen LogP contribution in [0.25, 0.3) is 0 Å². The Hall–Kier alpha value is -2.37. The number of amides is 1. The van der Waals surface area contributed by atoms with Crippen LogP contribution in [0.2, 0.25) is 0 Å². The Morgan fingerprint density at radius 2 is 1.84 bits per heavy atom. The van der Waals surface area contributed by atoms with Gasteiger partial charge in [0.05, 0.1) is 7.11 Å². The van der Waals surface area contributed by atoms with Crippen molar-refractivity contribution < 1.29 is 9.53 Å². The van der Waals surface area contributed by atoms with Crippen molar-refractivity contribution >= 4 is 5.91 Å². The Morgan fingerprint density at radius 3 is 2.66 bits per heavy atom. The molecule has 1 amide bonds. The lowest BCUT2D eigenvalue weighted by Gasteiger charge is -2.66. The molecule has 3 aliphatic carbocycles. The average molecular weight is 512 g/mol. The van der Waals surface area contributed by atoms with Gasteiger partial charge in [-0.15, -0.1) is 0 Å². The number of carbonyl (C=O) groups is 1. The maximum Gasteiger partial charge on any atom is 0.226 e. The third-order valence-electron chi connectivity index (χ3n) is 12.0. The summed E-state index contributed by atoms with van der Waals surface area (Å²) in [6, 6.07) is 18.5. The molecule has 2 aromatic carbocycles. The summed E-state index contributed by atoms with van der Waals surface area (Å²) >= 11 is 0. The smallest absolute Gasteiger partial charge is 0.226 e. The second-order valence-electron chi connectivity index (χ2n) is 13.1. The maximum absolute atomic E-state index is 14.2. The molecule has 3 heterocycles. The summed E-state index contributed by atoms with van der Waals surface area (Å²) in [4.78, 5) is 22.0. The van der Waals surface area contributed by atoms with Crippen molar-refractivity contribution in [3.05, 3.63) is 65.2 Å². The predicted octanol–water partition coefficient (Wildman–Crippen LogP) is 4.49. The van der Waals surface area contributed by atoms with Crippen LogP contribution in [-0.2, 0) is 23.2 Å². The van der Waals surface area contributed by atoms with Gasteiger partial charge in [0.15, 0.2) is 0 Å². The van der Waals surface area contributed by atoms with Crippen LogP contribution >= 0.6 is 0 Å². The number of likely N-dealkylation sites (tertiary alicyclic amines) is 3. The number of rotatable bonds is 6. The first-order chi connectivity index (χ1) is 18.6. The minimum Gasteiger partial charge on any atom is -0.497 e. The highest BCUT2D eigenvalue weighted by Crippen LogP contribution is 2.75. The lowest BCUT2D eigenvalue weighted by atomic mass is 9.43. The van der Waals surface area contributed by atoms with E-state index in [4.69, 9.17) is 4.74 Å². The monoisotopic (exact) mass is 511 g/mol. The van der Waals surface area contributed by atoms with Gasteiger partial charge in [0, 0.05) is 49.0 Å². The summed E-state index contributed by atoms with van der Waals surface area (Å²) in [5.74, 6) is 2.02. The van der Waals surface area contributed by atoms with E-state index in [2.05, 4.69) is 63.2 Å². The number of ether oxygens (including phenoxy) is 1. The van der Waals surface area contributed by atoms with Crippen molar-refractivity contribution in [2.24, 2.45) is 17.3 Å². The lowest BCUT2D eigenvalue weighted by molar-refractivity contribution is -0.138. The van der Waals surface area contributed by atoms with Crippen LogP contribution in [0.4, 0.5) is 0 Å². The Bertz CT molecular complexity index is 1240. The number of piperidine rings is 1. The van der Waals surface area contributed by atoms with Gasteiger partial charge in [0.1, 0.15) is 5.75 Å². The molecule has 5 fully saturated rings. The molecule has 0 radical (unpaired) electrons. The van der Waals surface area contributed by atoms with Crippen molar-refractivity contribution in [1.29, 1.82) is 0 Å². The Balaban J connectivity index is 1.20. The van der Waals surface area contributed by atoms with Crippen LogP contribution in [0.3, 0.4) is 0 Å². The number of fused-ring (bicyclic) bond motifs is 1. The van der Waals surface area contributed by atoms with Crippen LogP contribution in [0.15, 0.2) is 48.5 Å². The normalized spacial score (nSPS) is 37.4. The summed E-state index contributed by atoms with van der Waals surface area (Å²) in [5.41, 5.74) is 4.64. The Kier molecular flexibility index (Phi) is 5.30. The third kappa shape index (κ3) is 3.03. The first-order valence-electron chi connectivity index (χ1n) is 15.1. The van der Waals surface area contributed by atoms with Gasteiger partial charge in [-0.3, -0.25) is 9.69 Å². The van der Waals surface area contributed by atoms with Gasteiger partial charge >= 0.3 is 0 Å². The summed E-state index contributed by atoms with van der Waals surface area (Å²) in [5, 5.41) is 0. The van der Waals surface area contributed by atoms with E-state index >= 15 is 0 Å². The van der Waals surface area contributed by atoms with Gasteiger partial charge in [-0.05, 0) is 98.8 Å². The largest absolute Gasteiger partial charge is 0.497 e. The Morgan fingerprint density at radius 1 is 1.00 bits per heavy atom. The van der Waals surface area contributed by atoms with Crippen molar-refractivity contribution in [1.82, 2.24) is 14.7 Å². The molecule has 4 bridgehead atoms. The summed E-state index contributed by atoms with van der Waals surface area (Å²) in [6.45, 7) is 6.85. The minimum atomic E-state index is 0.0958. The van der Waals surface area contributed by atoms with Gasteiger partial charge < -0.3 is 14.5 Å².